The van der Waals surface area contributed by atoms with Crippen molar-refractivity contribution in [1.82, 2.24) is 10.5 Å². The van der Waals surface area contributed by atoms with Gasteiger partial charge >= 0.3 is 0 Å². The fourth-order valence-corrected chi connectivity index (χ4v) is 0.878. The summed E-state index contributed by atoms with van der Waals surface area (Å²) in [6.45, 7) is 0.242. The van der Waals surface area contributed by atoms with Gasteiger partial charge in [0.2, 0.25) is 0 Å². The van der Waals surface area contributed by atoms with Gasteiger partial charge in [-0.3, -0.25) is 16.1 Å². The van der Waals surface area contributed by atoms with E-state index in [2.05, 4.69) is 5.43 Å². The monoisotopic (exact) mass is 181 g/mol. The Bertz CT molecular complexity index is 203. The number of amides is 1. The molecule has 0 fully saturated rings. The Labute approximate surface area is 67.5 Å². The molecule has 0 atom stereocenters. The first kappa shape index (κ1) is 7.81. The molecule has 1 heterocycles. The van der Waals surface area contributed by atoms with Gasteiger partial charge in [-0.15, -0.1) is 0 Å². The number of carbonyl (C=O) groups is 1. The summed E-state index contributed by atoms with van der Waals surface area (Å²) in [7, 11) is 0. The zero-order chi connectivity index (χ0) is 7.72. The maximum atomic E-state index is 10.7. The molecule has 0 spiro atoms. The molecule has 6 heteroatoms. The smallest absolute Gasteiger partial charge is 0.270 e. The third-order valence-corrected chi connectivity index (χ3v) is 1.80. The third kappa shape index (κ3) is 1.41. The Morgan fingerprint density at radius 3 is 2.70 bits per heavy atom. The molecule has 0 unspecified atom stereocenters. The molecule has 0 radical (unpaired) electrons. The van der Waals surface area contributed by atoms with E-state index in [4.69, 9.17) is 29.0 Å². The van der Waals surface area contributed by atoms with E-state index in [9.17, 15) is 4.79 Å². The van der Waals surface area contributed by atoms with E-state index in [1.165, 1.54) is 0 Å². The molecule has 3 N–H and O–H groups in total. The van der Waals surface area contributed by atoms with Crippen molar-refractivity contribution >= 4 is 29.1 Å². The number of nitrogens with zero attached hydrogens (tertiary/aromatic N) is 1. The van der Waals surface area contributed by atoms with Gasteiger partial charge in [0.1, 0.15) is 5.03 Å². The van der Waals surface area contributed by atoms with Crippen LogP contribution in [0.25, 0.3) is 0 Å². The first-order valence-electron chi connectivity index (χ1n) is 2.48. The molecular weight excluding hydrogens is 177 g/mol. The van der Waals surface area contributed by atoms with Crippen LogP contribution in [0.5, 0.6) is 0 Å². The van der Waals surface area contributed by atoms with E-state index < -0.39 is 5.91 Å². The second kappa shape index (κ2) is 2.75. The molecule has 1 amide bonds. The molecule has 0 aliphatic carbocycles. The Morgan fingerprint density at radius 2 is 2.20 bits per heavy atom. The second-order valence-corrected chi connectivity index (χ2v) is 2.62. The SMILES string of the molecule is NN1CC(Cl)=C(Cl)C(=O)N1. The highest BCUT2D eigenvalue weighted by Gasteiger charge is 2.20. The Balaban J connectivity index is 2.85. The predicted molar refractivity (Wildman–Crippen MR) is 37.8 cm³/mol. The van der Waals surface area contributed by atoms with Crippen LogP contribution in [0.3, 0.4) is 0 Å². The molecule has 0 aromatic carbocycles. The molecule has 1 aliphatic rings. The zero-order valence-electron chi connectivity index (χ0n) is 4.90. The van der Waals surface area contributed by atoms with E-state index in [1.54, 1.807) is 0 Å². The van der Waals surface area contributed by atoms with Crippen LogP contribution in [0.4, 0.5) is 0 Å². The minimum atomic E-state index is -0.472. The van der Waals surface area contributed by atoms with Crippen LogP contribution >= 0.6 is 23.2 Å². The lowest BCUT2D eigenvalue weighted by Gasteiger charge is -2.21. The van der Waals surface area contributed by atoms with Crippen molar-refractivity contribution in [1.29, 1.82) is 0 Å². The molecule has 56 valence electrons. The third-order valence-electron chi connectivity index (χ3n) is 0.992. The molecule has 1 rings (SSSR count). The summed E-state index contributed by atoms with van der Waals surface area (Å²) in [4.78, 5) is 10.7. The number of hydrogen-bond acceptors (Lipinski definition) is 3. The number of hydrogen-bond donors (Lipinski definition) is 2. The van der Waals surface area contributed by atoms with E-state index in [-0.39, 0.29) is 16.6 Å². The summed E-state index contributed by atoms with van der Waals surface area (Å²) in [5.41, 5.74) is 2.26. The number of hydrazine groups is 2. The van der Waals surface area contributed by atoms with Gasteiger partial charge in [0, 0.05) is 0 Å². The van der Waals surface area contributed by atoms with Crippen molar-refractivity contribution in [3.05, 3.63) is 10.1 Å². The van der Waals surface area contributed by atoms with Crippen molar-refractivity contribution in [2.24, 2.45) is 5.84 Å². The van der Waals surface area contributed by atoms with Gasteiger partial charge in [-0.1, -0.05) is 23.2 Å². The Kier molecular flexibility index (Phi) is 2.15. The van der Waals surface area contributed by atoms with Gasteiger partial charge in [0.15, 0.2) is 0 Å². The van der Waals surface area contributed by atoms with Crippen LogP contribution in [-0.4, -0.2) is 17.6 Å². The van der Waals surface area contributed by atoms with Gasteiger partial charge in [-0.25, -0.2) is 0 Å². The quantitative estimate of drug-likeness (QED) is 0.514. The van der Waals surface area contributed by atoms with E-state index in [0.29, 0.717) is 0 Å². The van der Waals surface area contributed by atoms with Gasteiger partial charge in [0.25, 0.3) is 5.91 Å². The van der Waals surface area contributed by atoms with Crippen LogP contribution in [0.2, 0.25) is 0 Å². The van der Waals surface area contributed by atoms with Crippen molar-refractivity contribution in [3.8, 4) is 0 Å². The lowest BCUT2D eigenvalue weighted by atomic mass is 10.4. The molecular formula is C4H5Cl2N3O. The number of rotatable bonds is 0. The fraction of sp³-hybridized carbons (Fsp3) is 0.250. The van der Waals surface area contributed by atoms with Crippen molar-refractivity contribution in [2.75, 3.05) is 6.54 Å². The van der Waals surface area contributed by atoms with Crippen LogP contribution in [-0.2, 0) is 4.79 Å². The van der Waals surface area contributed by atoms with E-state index in [0.717, 1.165) is 5.12 Å². The maximum absolute atomic E-state index is 10.7. The van der Waals surface area contributed by atoms with Crippen LogP contribution in [0.1, 0.15) is 0 Å². The maximum Gasteiger partial charge on any atom is 0.279 e. The number of carbonyl (C=O) groups excluding carboxylic acids is 1. The minimum Gasteiger partial charge on any atom is -0.270 e. The molecule has 0 bridgehead atoms. The summed E-state index contributed by atoms with van der Waals surface area (Å²) in [6, 6.07) is 0. The van der Waals surface area contributed by atoms with Crippen molar-refractivity contribution in [3.63, 3.8) is 0 Å². The zero-order valence-corrected chi connectivity index (χ0v) is 6.41. The normalized spacial score (nSPS) is 21.3. The predicted octanol–water partition coefficient (Wildman–Crippen LogP) is -0.104. The molecule has 10 heavy (non-hydrogen) atoms. The Hall–Kier alpha value is -0.290. The fourth-order valence-electron chi connectivity index (χ4n) is 0.561. The molecule has 0 aromatic rings. The van der Waals surface area contributed by atoms with Gasteiger partial charge in [0.05, 0.1) is 11.6 Å². The summed E-state index contributed by atoms with van der Waals surface area (Å²) >= 11 is 11.0. The van der Waals surface area contributed by atoms with Crippen LogP contribution in [0.15, 0.2) is 10.1 Å². The second-order valence-electron chi connectivity index (χ2n) is 1.79. The lowest BCUT2D eigenvalue weighted by molar-refractivity contribution is -0.122. The standard InChI is InChI=1S/C4H5Cl2N3O/c5-2-1-9(7)8-4(10)3(2)6/h1,7H2,(H,8,10). The largest absolute Gasteiger partial charge is 0.279 e. The number of halogens is 2. The van der Waals surface area contributed by atoms with Gasteiger partial charge < -0.3 is 0 Å². The Morgan fingerprint density at radius 1 is 1.60 bits per heavy atom. The molecule has 0 aromatic heterocycles. The lowest BCUT2D eigenvalue weighted by Crippen LogP contribution is -2.50. The molecule has 0 saturated carbocycles. The number of nitrogens with two attached hydrogens (primary N) is 1. The molecule has 1 aliphatic heterocycles. The van der Waals surface area contributed by atoms with E-state index >= 15 is 0 Å². The summed E-state index contributed by atoms with van der Waals surface area (Å²) < 4.78 is 0. The van der Waals surface area contributed by atoms with Crippen LogP contribution in [0, 0.1) is 0 Å². The average Bonchev–Trinajstić information content (AvgIpc) is 1.82. The number of nitrogens with one attached hydrogen (secondary N) is 1. The molecule has 0 saturated heterocycles. The molecule has 4 nitrogen and oxygen atoms in total. The first-order chi connectivity index (χ1) is 4.61. The summed E-state index contributed by atoms with van der Waals surface area (Å²) in [5.74, 6) is 4.73. The van der Waals surface area contributed by atoms with Gasteiger partial charge in [-0.05, 0) is 0 Å². The minimum absolute atomic E-state index is 0.00312. The van der Waals surface area contributed by atoms with Gasteiger partial charge in [-0.2, -0.15) is 5.12 Å². The van der Waals surface area contributed by atoms with Crippen molar-refractivity contribution < 1.29 is 4.79 Å². The highest BCUT2D eigenvalue weighted by molar-refractivity contribution is 6.48. The highest BCUT2D eigenvalue weighted by Crippen LogP contribution is 2.17. The topological polar surface area (TPSA) is 58.4 Å². The average molecular weight is 182 g/mol. The summed E-state index contributed by atoms with van der Waals surface area (Å²) in [5, 5.41) is 1.33. The van der Waals surface area contributed by atoms with E-state index in [1.807, 2.05) is 0 Å². The highest BCUT2D eigenvalue weighted by atomic mass is 35.5. The first-order valence-corrected chi connectivity index (χ1v) is 3.24. The van der Waals surface area contributed by atoms with Crippen molar-refractivity contribution in [2.45, 2.75) is 0 Å². The van der Waals surface area contributed by atoms with Crippen LogP contribution < -0.4 is 11.3 Å². The summed E-state index contributed by atoms with van der Waals surface area (Å²) in [6.07, 6.45) is 0.